The van der Waals surface area contributed by atoms with Gasteiger partial charge in [0.1, 0.15) is 17.9 Å². The Morgan fingerprint density at radius 2 is 1.94 bits per heavy atom. The van der Waals surface area contributed by atoms with Crippen LogP contribution in [0.3, 0.4) is 0 Å². The van der Waals surface area contributed by atoms with Crippen molar-refractivity contribution < 1.29 is 18.0 Å². The molecule has 11 heteroatoms. The number of amides is 1. The van der Waals surface area contributed by atoms with Gasteiger partial charge in [0.15, 0.2) is 0 Å². The first kappa shape index (κ1) is 22.8. The molecule has 0 aliphatic carbocycles. The van der Waals surface area contributed by atoms with Crippen LogP contribution in [0.1, 0.15) is 54.3 Å². The van der Waals surface area contributed by atoms with Crippen LogP contribution in [0, 0.1) is 6.92 Å². The summed E-state index contributed by atoms with van der Waals surface area (Å²) < 4.78 is 43.2. The van der Waals surface area contributed by atoms with Crippen molar-refractivity contribution in [3.8, 4) is 5.69 Å². The molecule has 1 aliphatic heterocycles. The van der Waals surface area contributed by atoms with Crippen molar-refractivity contribution in [2.24, 2.45) is 0 Å². The molecule has 0 aromatic carbocycles. The fourth-order valence-electron chi connectivity index (χ4n) is 3.99. The molecule has 0 saturated heterocycles. The molecule has 8 nitrogen and oxygen atoms in total. The predicted octanol–water partition coefficient (Wildman–Crippen LogP) is 3.27. The fraction of sp³-hybridized carbons (Fsp3) is 0.455. The number of nitrogens with zero attached hydrogens (tertiary/aromatic N) is 6. The first-order valence-electron chi connectivity index (χ1n) is 10.6. The highest BCUT2D eigenvalue weighted by molar-refractivity contribution is 5.93. The number of carbonyl (C=O) groups excluding carboxylic acids is 1. The number of fused-ring (bicyclic) bond motifs is 1. The highest BCUT2D eigenvalue weighted by atomic mass is 19.4. The fourth-order valence-corrected chi connectivity index (χ4v) is 3.99. The van der Waals surface area contributed by atoms with Crippen LogP contribution >= 0.6 is 0 Å². The third-order valence-corrected chi connectivity index (χ3v) is 5.74. The molecule has 0 fully saturated rings. The van der Waals surface area contributed by atoms with Gasteiger partial charge in [-0.3, -0.25) is 14.3 Å². The van der Waals surface area contributed by atoms with E-state index in [0.717, 1.165) is 10.4 Å². The van der Waals surface area contributed by atoms with Gasteiger partial charge in [-0.15, -0.1) is 0 Å². The molecule has 0 bridgehead atoms. The molecule has 0 saturated carbocycles. The monoisotopic (exact) mass is 462 g/mol. The van der Waals surface area contributed by atoms with Crippen LogP contribution in [0.5, 0.6) is 0 Å². The maximum Gasteiger partial charge on any atom is 0.408 e. The summed E-state index contributed by atoms with van der Waals surface area (Å²) in [5.41, 5.74) is 1.83. The molecule has 0 spiro atoms. The summed E-state index contributed by atoms with van der Waals surface area (Å²) in [6.45, 7) is 6.24. The van der Waals surface area contributed by atoms with Crippen LogP contribution in [0.15, 0.2) is 35.5 Å². The number of pyridine rings is 1. The number of imidazole rings is 1. The van der Waals surface area contributed by atoms with E-state index >= 15 is 0 Å². The van der Waals surface area contributed by atoms with E-state index in [1.807, 2.05) is 20.8 Å². The van der Waals surface area contributed by atoms with Crippen molar-refractivity contribution >= 4 is 5.91 Å². The van der Waals surface area contributed by atoms with Gasteiger partial charge in [0.05, 0.1) is 30.0 Å². The van der Waals surface area contributed by atoms with Crippen LogP contribution in [-0.4, -0.2) is 46.9 Å². The Bertz CT molecular complexity index is 1250. The number of aryl methyl sites for hydroxylation is 1. The first-order chi connectivity index (χ1) is 15.4. The molecule has 33 heavy (non-hydrogen) atoms. The Kier molecular flexibility index (Phi) is 5.67. The smallest absolute Gasteiger partial charge is 0.327 e. The van der Waals surface area contributed by atoms with Gasteiger partial charge in [0, 0.05) is 18.8 Å². The molecule has 3 aromatic heterocycles. The molecule has 1 atom stereocenters. The van der Waals surface area contributed by atoms with Gasteiger partial charge < -0.3 is 14.0 Å². The second-order valence-corrected chi connectivity index (χ2v) is 8.71. The number of rotatable bonds is 5. The second kappa shape index (κ2) is 8.20. The SMILES string of the molecule is Cc1cn(-c2ccc3n(c2=O)C[C@@H](C)N(Cc2cc(C(C)C)nn2CC(F)(F)F)C3=O)cn1. The minimum atomic E-state index is -4.44. The molecule has 0 unspecified atom stereocenters. The molecule has 1 aliphatic rings. The minimum absolute atomic E-state index is 0.0353. The number of halogens is 3. The number of alkyl halides is 3. The largest absolute Gasteiger partial charge is 0.408 e. The van der Waals surface area contributed by atoms with Gasteiger partial charge in [-0.1, -0.05) is 13.8 Å². The predicted molar refractivity (Wildman–Crippen MR) is 114 cm³/mol. The van der Waals surface area contributed by atoms with Crippen molar-refractivity contribution in [3.05, 3.63) is 63.9 Å². The molecule has 0 radical (unpaired) electrons. The lowest BCUT2D eigenvalue weighted by Crippen LogP contribution is -2.49. The van der Waals surface area contributed by atoms with Gasteiger partial charge in [0.25, 0.3) is 11.5 Å². The van der Waals surface area contributed by atoms with E-state index in [1.165, 1.54) is 15.8 Å². The Labute approximate surface area is 188 Å². The summed E-state index contributed by atoms with van der Waals surface area (Å²) >= 11 is 0. The normalized spacial score (nSPS) is 16.5. The Morgan fingerprint density at radius 3 is 2.55 bits per heavy atom. The van der Waals surface area contributed by atoms with Crippen molar-refractivity contribution in [2.45, 2.75) is 65.5 Å². The van der Waals surface area contributed by atoms with Crippen molar-refractivity contribution in [2.75, 3.05) is 0 Å². The van der Waals surface area contributed by atoms with E-state index in [1.54, 1.807) is 35.9 Å². The third kappa shape index (κ3) is 4.44. The zero-order valence-corrected chi connectivity index (χ0v) is 18.8. The topological polar surface area (TPSA) is 78.0 Å². The van der Waals surface area contributed by atoms with Gasteiger partial charge in [-0.05, 0) is 38.0 Å². The summed E-state index contributed by atoms with van der Waals surface area (Å²) in [4.78, 5) is 32.0. The Morgan fingerprint density at radius 1 is 1.21 bits per heavy atom. The standard InChI is InChI=1S/C22H25F3N6O2/c1-13(2)17-7-16(31(27-17)11-22(23,24)25)10-29-15(4)9-30-19(21(29)33)6-5-18(20(30)32)28-8-14(3)26-12-28/h5-8,12-13,15H,9-11H2,1-4H3/t15-/m1/s1. The maximum absolute atomic E-state index is 13.3. The minimum Gasteiger partial charge on any atom is -0.327 e. The number of aromatic nitrogens is 5. The van der Waals surface area contributed by atoms with Crippen molar-refractivity contribution in [3.63, 3.8) is 0 Å². The summed E-state index contributed by atoms with van der Waals surface area (Å²) in [6.07, 6.45) is -1.18. The highest BCUT2D eigenvalue weighted by Crippen LogP contribution is 2.25. The van der Waals surface area contributed by atoms with Gasteiger partial charge >= 0.3 is 6.18 Å². The van der Waals surface area contributed by atoms with E-state index < -0.39 is 24.7 Å². The van der Waals surface area contributed by atoms with Crippen molar-refractivity contribution in [1.82, 2.24) is 28.8 Å². The average Bonchev–Trinajstić information content (AvgIpc) is 3.31. The average molecular weight is 462 g/mol. The zero-order chi connectivity index (χ0) is 24.1. The molecule has 4 rings (SSSR count). The summed E-state index contributed by atoms with van der Waals surface area (Å²) in [5, 5.41) is 4.11. The van der Waals surface area contributed by atoms with Crippen LogP contribution in [0.4, 0.5) is 13.2 Å². The van der Waals surface area contributed by atoms with Crippen LogP contribution < -0.4 is 5.56 Å². The van der Waals surface area contributed by atoms with Gasteiger partial charge in [0.2, 0.25) is 0 Å². The molecular weight excluding hydrogens is 437 g/mol. The van der Waals surface area contributed by atoms with E-state index in [2.05, 4.69) is 10.1 Å². The van der Waals surface area contributed by atoms with E-state index in [-0.39, 0.29) is 30.3 Å². The zero-order valence-electron chi connectivity index (χ0n) is 18.8. The summed E-state index contributed by atoms with van der Waals surface area (Å²) in [6, 6.07) is 4.34. The number of hydrogen-bond acceptors (Lipinski definition) is 4. The summed E-state index contributed by atoms with van der Waals surface area (Å²) in [7, 11) is 0. The van der Waals surface area contributed by atoms with Crippen LogP contribution in [0.2, 0.25) is 0 Å². The van der Waals surface area contributed by atoms with Gasteiger partial charge in [-0.25, -0.2) is 4.98 Å². The van der Waals surface area contributed by atoms with E-state index in [9.17, 15) is 22.8 Å². The lowest BCUT2D eigenvalue weighted by molar-refractivity contribution is -0.143. The van der Waals surface area contributed by atoms with E-state index in [0.29, 0.717) is 17.1 Å². The summed E-state index contributed by atoms with van der Waals surface area (Å²) in [5.74, 6) is -0.470. The lowest BCUT2D eigenvalue weighted by Gasteiger charge is -2.35. The van der Waals surface area contributed by atoms with Crippen molar-refractivity contribution in [1.29, 1.82) is 0 Å². The number of carbonyl (C=O) groups is 1. The molecule has 3 aromatic rings. The van der Waals surface area contributed by atoms with Crippen LogP contribution in [-0.2, 0) is 19.6 Å². The Balaban J connectivity index is 1.67. The molecule has 1 amide bonds. The second-order valence-electron chi connectivity index (χ2n) is 8.71. The maximum atomic E-state index is 13.3. The number of hydrogen-bond donors (Lipinski definition) is 0. The third-order valence-electron chi connectivity index (χ3n) is 5.74. The Hall–Kier alpha value is -3.37. The van der Waals surface area contributed by atoms with Crippen LogP contribution in [0.25, 0.3) is 5.69 Å². The first-order valence-corrected chi connectivity index (χ1v) is 10.6. The molecular formula is C22H25F3N6O2. The van der Waals surface area contributed by atoms with E-state index in [4.69, 9.17) is 0 Å². The highest BCUT2D eigenvalue weighted by Gasteiger charge is 2.34. The molecule has 0 N–H and O–H groups in total. The van der Waals surface area contributed by atoms with Gasteiger partial charge in [-0.2, -0.15) is 18.3 Å². The lowest BCUT2D eigenvalue weighted by atomic mass is 10.1. The molecule has 176 valence electrons. The quantitative estimate of drug-likeness (QED) is 0.583. The molecule has 4 heterocycles.